The monoisotopic (exact) mass is 305 g/mol. The summed E-state index contributed by atoms with van der Waals surface area (Å²) in [5.74, 6) is -0.603. The van der Waals surface area contributed by atoms with E-state index in [-0.39, 0.29) is 31.0 Å². The van der Waals surface area contributed by atoms with Crippen LogP contribution in [0.4, 0.5) is 0 Å². The fourth-order valence-electron chi connectivity index (χ4n) is 2.20. The second-order valence-electron chi connectivity index (χ2n) is 6.57. The minimum Gasteiger partial charge on any atom is -0.460 e. The van der Waals surface area contributed by atoms with Crippen molar-refractivity contribution in [1.82, 2.24) is 4.90 Å². The number of hydrogen-bond donors (Lipinski definition) is 0. The first-order valence-electron chi connectivity index (χ1n) is 7.48. The van der Waals surface area contributed by atoms with E-state index in [2.05, 4.69) is 0 Å². The van der Waals surface area contributed by atoms with Gasteiger partial charge in [-0.2, -0.15) is 0 Å². The Hall–Kier alpha value is -1.88. The number of benzene rings is 1. The number of hydrogen-bond acceptors (Lipinski definition) is 5. The average Bonchev–Trinajstić information content (AvgIpc) is 2.39. The van der Waals surface area contributed by atoms with Crippen LogP contribution >= 0.6 is 0 Å². The normalized spacial score (nSPS) is 16.0. The third kappa shape index (κ3) is 5.15. The molecular weight excluding hydrogens is 282 g/mol. The third-order valence-electron chi connectivity index (χ3n) is 3.29. The molecule has 0 radical (unpaired) electrons. The molecule has 0 aromatic heterocycles. The van der Waals surface area contributed by atoms with Crippen molar-refractivity contribution in [2.75, 3.05) is 19.6 Å². The number of rotatable bonds is 5. The van der Waals surface area contributed by atoms with Crippen molar-refractivity contribution >= 4 is 11.9 Å². The molecule has 0 spiro atoms. The fourth-order valence-corrected chi connectivity index (χ4v) is 2.20. The Morgan fingerprint density at radius 3 is 2.41 bits per heavy atom. The van der Waals surface area contributed by atoms with E-state index in [1.165, 1.54) is 0 Å². The number of carbonyl (C=O) groups excluding carboxylic acids is 2. The highest BCUT2D eigenvalue weighted by molar-refractivity contribution is 5.76. The second-order valence-corrected chi connectivity index (χ2v) is 6.57. The van der Waals surface area contributed by atoms with E-state index in [1.807, 2.05) is 56.0 Å². The molecule has 0 amide bonds. The molecule has 1 aliphatic rings. The molecule has 5 heteroatoms. The standard InChI is InChI=1S/C17H23NO4/c1-17(2,3)22-16(20)14-9-18(10-14)11-15(19)21-12-13-7-5-4-6-8-13/h4-8,14H,9-12H2,1-3H3. The van der Waals surface area contributed by atoms with Crippen LogP contribution in [0, 0.1) is 5.92 Å². The van der Waals surface area contributed by atoms with E-state index in [0.717, 1.165) is 5.56 Å². The lowest BCUT2D eigenvalue weighted by molar-refractivity contribution is -0.168. The van der Waals surface area contributed by atoms with E-state index in [1.54, 1.807) is 0 Å². The summed E-state index contributed by atoms with van der Waals surface area (Å²) in [5.41, 5.74) is 0.498. The van der Waals surface area contributed by atoms with Crippen LogP contribution in [0.3, 0.4) is 0 Å². The number of carbonyl (C=O) groups is 2. The van der Waals surface area contributed by atoms with Crippen molar-refractivity contribution in [3.8, 4) is 0 Å². The maximum absolute atomic E-state index is 11.8. The molecule has 1 aliphatic heterocycles. The lowest BCUT2D eigenvalue weighted by Gasteiger charge is -2.38. The van der Waals surface area contributed by atoms with Crippen LogP contribution in [0.1, 0.15) is 26.3 Å². The molecule has 2 rings (SSSR count). The molecular formula is C17H23NO4. The van der Waals surface area contributed by atoms with Gasteiger partial charge in [0.15, 0.2) is 0 Å². The van der Waals surface area contributed by atoms with Crippen LogP contribution in [0.5, 0.6) is 0 Å². The Balaban J connectivity index is 1.65. The van der Waals surface area contributed by atoms with E-state index < -0.39 is 5.60 Å². The van der Waals surface area contributed by atoms with Crippen molar-refractivity contribution < 1.29 is 19.1 Å². The third-order valence-corrected chi connectivity index (χ3v) is 3.29. The maximum Gasteiger partial charge on any atom is 0.320 e. The van der Waals surface area contributed by atoms with Gasteiger partial charge in [0.05, 0.1) is 12.5 Å². The number of esters is 2. The first-order valence-corrected chi connectivity index (χ1v) is 7.48. The molecule has 0 unspecified atom stereocenters. The van der Waals surface area contributed by atoms with Gasteiger partial charge >= 0.3 is 11.9 Å². The lowest BCUT2D eigenvalue weighted by atomic mass is 10.00. The van der Waals surface area contributed by atoms with Crippen LogP contribution in [-0.4, -0.2) is 42.1 Å². The zero-order valence-corrected chi connectivity index (χ0v) is 13.4. The largest absolute Gasteiger partial charge is 0.460 e. The predicted molar refractivity (Wildman–Crippen MR) is 82.0 cm³/mol. The number of likely N-dealkylation sites (tertiary alicyclic amines) is 1. The predicted octanol–water partition coefficient (Wildman–Crippen LogP) is 2.00. The highest BCUT2D eigenvalue weighted by atomic mass is 16.6. The summed E-state index contributed by atoms with van der Waals surface area (Å²) < 4.78 is 10.5. The Kier molecular flexibility index (Phi) is 5.19. The molecule has 1 saturated heterocycles. The zero-order valence-electron chi connectivity index (χ0n) is 13.4. The Morgan fingerprint density at radius 1 is 1.18 bits per heavy atom. The molecule has 0 saturated carbocycles. The van der Waals surface area contributed by atoms with Crippen molar-refractivity contribution in [3.05, 3.63) is 35.9 Å². The van der Waals surface area contributed by atoms with Gasteiger partial charge in [0.2, 0.25) is 0 Å². The van der Waals surface area contributed by atoms with E-state index in [4.69, 9.17) is 9.47 Å². The van der Waals surface area contributed by atoms with Crippen molar-refractivity contribution in [3.63, 3.8) is 0 Å². The summed E-state index contributed by atoms with van der Waals surface area (Å²) >= 11 is 0. The molecule has 5 nitrogen and oxygen atoms in total. The molecule has 0 bridgehead atoms. The Labute approximate surface area is 131 Å². The molecule has 22 heavy (non-hydrogen) atoms. The first kappa shape index (κ1) is 16.5. The maximum atomic E-state index is 11.8. The second kappa shape index (κ2) is 6.92. The fraction of sp³-hybridized carbons (Fsp3) is 0.529. The zero-order chi connectivity index (χ0) is 16.2. The van der Waals surface area contributed by atoms with Gasteiger partial charge in [-0.15, -0.1) is 0 Å². The highest BCUT2D eigenvalue weighted by Crippen LogP contribution is 2.20. The van der Waals surface area contributed by atoms with Gasteiger partial charge in [-0.3, -0.25) is 14.5 Å². The van der Waals surface area contributed by atoms with Crippen molar-refractivity contribution in [2.24, 2.45) is 5.92 Å². The van der Waals surface area contributed by atoms with Crippen molar-refractivity contribution in [2.45, 2.75) is 33.0 Å². The minimum atomic E-state index is -0.466. The van der Waals surface area contributed by atoms with Crippen molar-refractivity contribution in [1.29, 1.82) is 0 Å². The van der Waals surface area contributed by atoms with Gasteiger partial charge in [-0.1, -0.05) is 30.3 Å². The smallest absolute Gasteiger partial charge is 0.320 e. The lowest BCUT2D eigenvalue weighted by Crippen LogP contribution is -2.53. The summed E-state index contributed by atoms with van der Waals surface area (Å²) in [4.78, 5) is 25.5. The Bertz CT molecular complexity index is 515. The van der Waals surface area contributed by atoms with E-state index in [9.17, 15) is 9.59 Å². The molecule has 120 valence electrons. The summed E-state index contributed by atoms with van der Waals surface area (Å²) in [7, 11) is 0. The summed E-state index contributed by atoms with van der Waals surface area (Å²) in [6, 6.07) is 9.56. The molecule has 1 aromatic carbocycles. The molecule has 1 fully saturated rings. The first-order chi connectivity index (χ1) is 10.3. The van der Waals surface area contributed by atoms with Gasteiger partial charge < -0.3 is 9.47 Å². The number of nitrogens with zero attached hydrogens (tertiary/aromatic N) is 1. The van der Waals surface area contributed by atoms with Crippen LogP contribution in [0.15, 0.2) is 30.3 Å². The Morgan fingerprint density at radius 2 is 1.82 bits per heavy atom. The van der Waals surface area contributed by atoms with Gasteiger partial charge in [0.1, 0.15) is 12.2 Å². The van der Waals surface area contributed by atoms with E-state index in [0.29, 0.717) is 13.1 Å². The van der Waals surface area contributed by atoms with E-state index >= 15 is 0 Å². The minimum absolute atomic E-state index is 0.138. The SMILES string of the molecule is CC(C)(C)OC(=O)C1CN(CC(=O)OCc2ccccc2)C1. The quantitative estimate of drug-likeness (QED) is 0.779. The van der Waals surface area contributed by atoms with Gasteiger partial charge in [0.25, 0.3) is 0 Å². The summed E-state index contributed by atoms with van der Waals surface area (Å²) in [5, 5.41) is 0. The molecule has 0 aliphatic carbocycles. The molecule has 1 aromatic rings. The van der Waals surface area contributed by atoms with Crippen LogP contribution in [-0.2, 0) is 25.7 Å². The van der Waals surface area contributed by atoms with Gasteiger partial charge in [-0.25, -0.2) is 0 Å². The van der Waals surface area contributed by atoms with Gasteiger partial charge in [-0.05, 0) is 26.3 Å². The molecule has 0 atom stereocenters. The molecule has 0 N–H and O–H groups in total. The summed E-state index contributed by atoms with van der Waals surface area (Å²) in [6.07, 6.45) is 0. The highest BCUT2D eigenvalue weighted by Gasteiger charge is 2.36. The van der Waals surface area contributed by atoms with Gasteiger partial charge in [0, 0.05) is 13.1 Å². The van der Waals surface area contributed by atoms with Crippen LogP contribution in [0.25, 0.3) is 0 Å². The average molecular weight is 305 g/mol. The topological polar surface area (TPSA) is 55.8 Å². The van der Waals surface area contributed by atoms with Crippen LogP contribution < -0.4 is 0 Å². The van der Waals surface area contributed by atoms with Crippen LogP contribution in [0.2, 0.25) is 0 Å². The number of ether oxygens (including phenoxy) is 2. The molecule has 1 heterocycles. The summed E-state index contributed by atoms with van der Waals surface area (Å²) in [6.45, 7) is 7.15.